The minimum atomic E-state index is -0.315. The van der Waals surface area contributed by atoms with E-state index in [2.05, 4.69) is 15.6 Å². The van der Waals surface area contributed by atoms with E-state index < -0.39 is 0 Å². The summed E-state index contributed by atoms with van der Waals surface area (Å²) in [4.78, 5) is 16.1. The highest BCUT2D eigenvalue weighted by Gasteiger charge is 2.04. The number of nitrogens with one attached hydrogen (secondary N) is 2. The number of amides is 1. The van der Waals surface area contributed by atoms with Gasteiger partial charge in [-0.05, 0) is 42.5 Å². The van der Waals surface area contributed by atoms with Gasteiger partial charge >= 0.3 is 0 Å². The Kier molecular flexibility index (Phi) is 5.77. The number of hydrogen-bond donors (Lipinski definition) is 2. The Labute approximate surface area is 150 Å². The van der Waals surface area contributed by atoms with Crippen LogP contribution in [0.15, 0.2) is 72.9 Å². The second kappa shape index (κ2) is 8.62. The Morgan fingerprint density at radius 1 is 1.00 bits per heavy atom. The number of pyridine rings is 1. The molecule has 3 rings (SSSR count). The number of hydrogen-bond acceptors (Lipinski definition) is 4. The van der Waals surface area contributed by atoms with E-state index in [9.17, 15) is 9.18 Å². The Hall–Kier alpha value is -3.41. The van der Waals surface area contributed by atoms with Crippen molar-refractivity contribution in [3.63, 3.8) is 0 Å². The summed E-state index contributed by atoms with van der Waals surface area (Å²) in [5.74, 6) is 0.675. The lowest BCUT2D eigenvalue weighted by Crippen LogP contribution is -2.15. The van der Waals surface area contributed by atoms with E-state index in [1.807, 2.05) is 30.3 Å². The largest absolute Gasteiger partial charge is 0.493 e. The van der Waals surface area contributed by atoms with Gasteiger partial charge in [-0.25, -0.2) is 9.37 Å². The van der Waals surface area contributed by atoms with Crippen LogP contribution in [0.5, 0.6) is 5.75 Å². The van der Waals surface area contributed by atoms with Crippen molar-refractivity contribution in [3.8, 4) is 5.75 Å². The molecule has 1 heterocycles. The third-order valence-corrected chi connectivity index (χ3v) is 3.49. The second-order valence-electron chi connectivity index (χ2n) is 5.53. The van der Waals surface area contributed by atoms with Crippen molar-refractivity contribution in [2.75, 3.05) is 17.2 Å². The van der Waals surface area contributed by atoms with E-state index in [1.165, 1.54) is 12.1 Å². The van der Waals surface area contributed by atoms with Crippen molar-refractivity contribution >= 4 is 23.1 Å². The monoisotopic (exact) mass is 351 g/mol. The van der Waals surface area contributed by atoms with Crippen molar-refractivity contribution in [1.29, 1.82) is 0 Å². The number of carbonyl (C=O) groups is 1. The van der Waals surface area contributed by atoms with Crippen molar-refractivity contribution in [3.05, 3.63) is 78.7 Å². The topological polar surface area (TPSA) is 63.2 Å². The quantitative estimate of drug-likeness (QED) is 0.663. The number of carbonyl (C=O) groups excluding carboxylic acids is 1. The molecular formula is C20H18FN3O2. The molecule has 0 radical (unpaired) electrons. The number of aromatic nitrogens is 1. The number of nitrogens with zero attached hydrogens (tertiary/aromatic N) is 1. The van der Waals surface area contributed by atoms with Crippen molar-refractivity contribution in [2.45, 2.75) is 6.42 Å². The summed E-state index contributed by atoms with van der Waals surface area (Å²) in [6.45, 7) is 0.287. The van der Waals surface area contributed by atoms with Crippen LogP contribution >= 0.6 is 0 Å². The van der Waals surface area contributed by atoms with Crippen LogP contribution in [0.3, 0.4) is 0 Å². The lowest BCUT2D eigenvalue weighted by Gasteiger charge is -2.09. The van der Waals surface area contributed by atoms with Crippen molar-refractivity contribution < 1.29 is 13.9 Å². The van der Waals surface area contributed by atoms with Crippen LogP contribution < -0.4 is 15.4 Å². The summed E-state index contributed by atoms with van der Waals surface area (Å²) in [5.41, 5.74) is 1.32. The first-order valence-electron chi connectivity index (χ1n) is 8.15. The molecule has 26 heavy (non-hydrogen) atoms. The van der Waals surface area contributed by atoms with Crippen LogP contribution in [-0.2, 0) is 4.79 Å². The standard InChI is InChI=1S/C20H18FN3O2/c21-15-5-4-6-16(13-15)23-17-9-10-19(22-14-17)24-20(25)11-12-26-18-7-2-1-3-8-18/h1-10,13-14,23H,11-12H2,(H,22,24,25). The fourth-order valence-electron chi connectivity index (χ4n) is 2.26. The molecule has 0 aliphatic carbocycles. The minimum Gasteiger partial charge on any atom is -0.493 e. The smallest absolute Gasteiger partial charge is 0.228 e. The summed E-state index contributed by atoms with van der Waals surface area (Å²) in [6.07, 6.45) is 1.79. The minimum absolute atomic E-state index is 0.181. The highest BCUT2D eigenvalue weighted by atomic mass is 19.1. The summed E-state index contributed by atoms with van der Waals surface area (Å²) in [5, 5.41) is 5.75. The van der Waals surface area contributed by atoms with Crippen LogP contribution in [0, 0.1) is 5.82 Å². The van der Waals surface area contributed by atoms with Gasteiger partial charge in [0.2, 0.25) is 5.91 Å². The molecule has 3 aromatic rings. The van der Waals surface area contributed by atoms with Gasteiger partial charge in [-0.15, -0.1) is 0 Å². The first kappa shape index (κ1) is 17.4. The molecular weight excluding hydrogens is 333 g/mol. The fourth-order valence-corrected chi connectivity index (χ4v) is 2.26. The van der Waals surface area contributed by atoms with E-state index in [-0.39, 0.29) is 24.8 Å². The van der Waals surface area contributed by atoms with E-state index >= 15 is 0 Å². The number of rotatable bonds is 7. The van der Waals surface area contributed by atoms with Gasteiger partial charge < -0.3 is 15.4 Å². The van der Waals surface area contributed by atoms with Crippen molar-refractivity contribution in [2.24, 2.45) is 0 Å². The highest BCUT2D eigenvalue weighted by molar-refractivity contribution is 5.89. The molecule has 6 heteroatoms. The highest BCUT2D eigenvalue weighted by Crippen LogP contribution is 2.17. The van der Waals surface area contributed by atoms with Crippen LogP contribution in [0.25, 0.3) is 0 Å². The molecule has 1 amide bonds. The first-order chi connectivity index (χ1) is 12.7. The molecule has 0 aliphatic heterocycles. The number of halogens is 1. The molecule has 0 atom stereocenters. The summed E-state index contributed by atoms with van der Waals surface area (Å²) in [6, 6.07) is 18.9. The normalized spacial score (nSPS) is 10.2. The number of anilines is 3. The average molecular weight is 351 g/mol. The zero-order valence-electron chi connectivity index (χ0n) is 14.0. The molecule has 1 aromatic heterocycles. The van der Waals surface area contributed by atoms with Gasteiger partial charge in [0.1, 0.15) is 17.4 Å². The summed E-state index contributed by atoms with van der Waals surface area (Å²) < 4.78 is 18.7. The van der Waals surface area contributed by atoms with E-state index in [4.69, 9.17) is 4.74 Å². The lowest BCUT2D eigenvalue weighted by atomic mass is 10.3. The molecule has 0 saturated heterocycles. The van der Waals surface area contributed by atoms with Crippen LogP contribution in [0.1, 0.15) is 6.42 Å². The molecule has 0 saturated carbocycles. The number of para-hydroxylation sites is 1. The summed E-state index contributed by atoms with van der Waals surface area (Å²) >= 11 is 0. The molecule has 2 aromatic carbocycles. The third kappa shape index (κ3) is 5.31. The molecule has 0 bridgehead atoms. The van der Waals surface area contributed by atoms with E-state index in [0.717, 1.165) is 5.75 Å². The average Bonchev–Trinajstić information content (AvgIpc) is 2.64. The van der Waals surface area contributed by atoms with E-state index in [0.29, 0.717) is 17.2 Å². The fraction of sp³-hybridized carbons (Fsp3) is 0.100. The molecule has 5 nitrogen and oxygen atoms in total. The molecule has 0 fully saturated rings. The third-order valence-electron chi connectivity index (χ3n) is 3.49. The van der Waals surface area contributed by atoms with Crippen LogP contribution in [0.4, 0.5) is 21.6 Å². The number of benzene rings is 2. The van der Waals surface area contributed by atoms with Gasteiger partial charge in [0.05, 0.1) is 24.9 Å². The summed E-state index contributed by atoms with van der Waals surface area (Å²) in [7, 11) is 0. The lowest BCUT2D eigenvalue weighted by molar-refractivity contribution is -0.116. The Morgan fingerprint density at radius 3 is 2.58 bits per heavy atom. The number of ether oxygens (including phenoxy) is 1. The molecule has 0 unspecified atom stereocenters. The second-order valence-corrected chi connectivity index (χ2v) is 5.53. The Balaban J connectivity index is 1.46. The Morgan fingerprint density at radius 2 is 1.85 bits per heavy atom. The molecule has 2 N–H and O–H groups in total. The van der Waals surface area contributed by atoms with Crippen molar-refractivity contribution in [1.82, 2.24) is 4.98 Å². The SMILES string of the molecule is O=C(CCOc1ccccc1)Nc1ccc(Nc2cccc(F)c2)cn1. The molecule has 0 aliphatic rings. The van der Waals surface area contributed by atoms with E-state index in [1.54, 1.807) is 30.5 Å². The zero-order chi connectivity index (χ0) is 18.2. The zero-order valence-corrected chi connectivity index (χ0v) is 14.0. The van der Waals surface area contributed by atoms with Gasteiger partial charge in [0.25, 0.3) is 0 Å². The molecule has 132 valence electrons. The van der Waals surface area contributed by atoms with Crippen LogP contribution in [-0.4, -0.2) is 17.5 Å². The Bertz CT molecular complexity index is 854. The van der Waals surface area contributed by atoms with Gasteiger partial charge in [0, 0.05) is 5.69 Å². The van der Waals surface area contributed by atoms with Gasteiger partial charge in [-0.2, -0.15) is 0 Å². The molecule has 0 spiro atoms. The van der Waals surface area contributed by atoms with Gasteiger partial charge in [-0.3, -0.25) is 4.79 Å². The maximum Gasteiger partial charge on any atom is 0.228 e. The maximum atomic E-state index is 13.2. The first-order valence-corrected chi connectivity index (χ1v) is 8.15. The van der Waals surface area contributed by atoms with Gasteiger partial charge in [-0.1, -0.05) is 24.3 Å². The van der Waals surface area contributed by atoms with Gasteiger partial charge in [0.15, 0.2) is 0 Å². The maximum absolute atomic E-state index is 13.2. The van der Waals surface area contributed by atoms with Crippen LogP contribution in [0.2, 0.25) is 0 Å². The predicted molar refractivity (Wildman–Crippen MR) is 99.1 cm³/mol. The predicted octanol–water partition coefficient (Wildman–Crippen LogP) is 4.37.